The van der Waals surface area contributed by atoms with E-state index in [1.165, 1.54) is 12.1 Å². The Labute approximate surface area is 111 Å². The summed E-state index contributed by atoms with van der Waals surface area (Å²) in [5, 5.41) is 10.5. The quantitative estimate of drug-likeness (QED) is 0.886. The highest BCUT2D eigenvalue weighted by Crippen LogP contribution is 2.31. The van der Waals surface area contributed by atoms with Crippen LogP contribution in [0.2, 0.25) is 0 Å². The summed E-state index contributed by atoms with van der Waals surface area (Å²) < 4.78 is 13.3. The van der Waals surface area contributed by atoms with Crippen molar-refractivity contribution in [2.45, 2.75) is 18.9 Å². The largest absolute Gasteiger partial charge is 0.388 e. The maximum Gasteiger partial charge on any atom is 0.123 e. The molecule has 0 aliphatic rings. The molecule has 2 rings (SSSR count). The molecule has 0 aliphatic heterocycles. The van der Waals surface area contributed by atoms with Gasteiger partial charge < -0.3 is 10.8 Å². The molecule has 3 nitrogen and oxygen atoms in total. The zero-order chi connectivity index (χ0) is 13.8. The number of halogens is 1. The Kier molecular flexibility index (Phi) is 4.24. The first-order valence-corrected chi connectivity index (χ1v) is 6.17. The van der Waals surface area contributed by atoms with Crippen LogP contribution >= 0.6 is 0 Å². The SMILES string of the molecule is Cc1ccc(F)cc1C(O)C(CN)c1ccncc1. The molecule has 4 heteroatoms. The third-order valence-corrected chi connectivity index (χ3v) is 3.33. The van der Waals surface area contributed by atoms with Crippen LogP contribution in [0.25, 0.3) is 0 Å². The highest BCUT2D eigenvalue weighted by molar-refractivity contribution is 5.32. The van der Waals surface area contributed by atoms with Crippen LogP contribution in [0.15, 0.2) is 42.7 Å². The fourth-order valence-electron chi connectivity index (χ4n) is 2.20. The van der Waals surface area contributed by atoms with E-state index in [-0.39, 0.29) is 18.3 Å². The number of benzene rings is 1. The van der Waals surface area contributed by atoms with Gasteiger partial charge in [-0.3, -0.25) is 4.98 Å². The molecule has 19 heavy (non-hydrogen) atoms. The molecule has 0 aliphatic carbocycles. The Morgan fingerprint density at radius 3 is 2.58 bits per heavy atom. The molecule has 2 atom stereocenters. The Morgan fingerprint density at radius 1 is 1.26 bits per heavy atom. The minimum Gasteiger partial charge on any atom is -0.388 e. The van der Waals surface area contributed by atoms with Crippen molar-refractivity contribution in [3.05, 3.63) is 65.2 Å². The van der Waals surface area contributed by atoms with Gasteiger partial charge in [-0.15, -0.1) is 0 Å². The molecular formula is C15H17FN2O. The van der Waals surface area contributed by atoms with E-state index >= 15 is 0 Å². The van der Waals surface area contributed by atoms with Crippen LogP contribution in [0.5, 0.6) is 0 Å². The van der Waals surface area contributed by atoms with Gasteiger partial charge in [0, 0.05) is 24.9 Å². The molecule has 0 radical (unpaired) electrons. The summed E-state index contributed by atoms with van der Waals surface area (Å²) >= 11 is 0. The molecule has 2 aromatic rings. The van der Waals surface area contributed by atoms with Crippen molar-refractivity contribution in [2.24, 2.45) is 5.73 Å². The molecule has 0 spiro atoms. The van der Waals surface area contributed by atoms with E-state index < -0.39 is 6.10 Å². The Hall–Kier alpha value is -1.78. The molecule has 0 saturated carbocycles. The maximum atomic E-state index is 13.3. The second kappa shape index (κ2) is 5.91. The lowest BCUT2D eigenvalue weighted by atomic mass is 9.88. The van der Waals surface area contributed by atoms with Gasteiger partial charge in [-0.05, 0) is 47.9 Å². The van der Waals surface area contributed by atoms with Crippen LogP contribution in [0, 0.1) is 12.7 Å². The molecular weight excluding hydrogens is 243 g/mol. The van der Waals surface area contributed by atoms with E-state index in [0.29, 0.717) is 5.56 Å². The summed E-state index contributed by atoms with van der Waals surface area (Å²) in [4.78, 5) is 3.94. The number of nitrogens with two attached hydrogens (primary N) is 1. The number of hydrogen-bond donors (Lipinski definition) is 2. The van der Waals surface area contributed by atoms with E-state index in [1.807, 2.05) is 19.1 Å². The lowest BCUT2D eigenvalue weighted by Gasteiger charge is -2.23. The first-order valence-electron chi connectivity index (χ1n) is 6.17. The van der Waals surface area contributed by atoms with Crippen LogP contribution in [0.4, 0.5) is 4.39 Å². The molecule has 0 bridgehead atoms. The highest BCUT2D eigenvalue weighted by Gasteiger charge is 2.23. The minimum absolute atomic E-state index is 0.275. The van der Waals surface area contributed by atoms with Gasteiger partial charge in [0.25, 0.3) is 0 Å². The minimum atomic E-state index is -0.830. The third-order valence-electron chi connectivity index (χ3n) is 3.33. The number of nitrogens with zero attached hydrogens (tertiary/aromatic N) is 1. The molecule has 100 valence electrons. The van der Waals surface area contributed by atoms with Crippen molar-refractivity contribution in [1.29, 1.82) is 0 Å². The van der Waals surface area contributed by atoms with Crippen molar-refractivity contribution < 1.29 is 9.50 Å². The average Bonchev–Trinajstić information content (AvgIpc) is 2.43. The number of pyridine rings is 1. The van der Waals surface area contributed by atoms with Gasteiger partial charge in [-0.1, -0.05) is 6.07 Å². The number of aliphatic hydroxyl groups is 1. The maximum absolute atomic E-state index is 13.3. The summed E-state index contributed by atoms with van der Waals surface area (Å²) in [6.07, 6.45) is 2.48. The number of rotatable bonds is 4. The number of aromatic nitrogens is 1. The molecule has 1 aromatic carbocycles. The second-order valence-electron chi connectivity index (χ2n) is 4.57. The van der Waals surface area contributed by atoms with E-state index in [2.05, 4.69) is 4.98 Å². The molecule has 1 heterocycles. The summed E-state index contributed by atoms with van der Waals surface area (Å²) in [7, 11) is 0. The number of hydrogen-bond acceptors (Lipinski definition) is 3. The molecule has 1 aromatic heterocycles. The van der Waals surface area contributed by atoms with E-state index in [0.717, 1.165) is 11.1 Å². The highest BCUT2D eigenvalue weighted by atomic mass is 19.1. The average molecular weight is 260 g/mol. The predicted octanol–water partition coefficient (Wildman–Crippen LogP) is 2.31. The normalized spacial score (nSPS) is 14.1. The first-order chi connectivity index (χ1) is 9.13. The molecule has 0 fully saturated rings. The van der Waals surface area contributed by atoms with Crippen LogP contribution < -0.4 is 5.73 Å². The number of aliphatic hydroxyl groups excluding tert-OH is 1. The van der Waals surface area contributed by atoms with Crippen molar-refractivity contribution in [3.63, 3.8) is 0 Å². The van der Waals surface area contributed by atoms with Crippen molar-refractivity contribution in [2.75, 3.05) is 6.54 Å². The van der Waals surface area contributed by atoms with Gasteiger partial charge >= 0.3 is 0 Å². The Balaban J connectivity index is 2.36. The monoisotopic (exact) mass is 260 g/mol. The van der Waals surface area contributed by atoms with Gasteiger partial charge in [0.2, 0.25) is 0 Å². The number of aryl methyl sites for hydroxylation is 1. The van der Waals surface area contributed by atoms with Crippen molar-refractivity contribution in [1.82, 2.24) is 4.98 Å². The van der Waals surface area contributed by atoms with Crippen molar-refractivity contribution >= 4 is 0 Å². The molecule has 3 N–H and O–H groups in total. The zero-order valence-electron chi connectivity index (χ0n) is 10.8. The van der Waals surface area contributed by atoms with E-state index in [4.69, 9.17) is 5.73 Å². The fraction of sp³-hybridized carbons (Fsp3) is 0.267. The Morgan fingerprint density at radius 2 is 1.95 bits per heavy atom. The zero-order valence-corrected chi connectivity index (χ0v) is 10.8. The topological polar surface area (TPSA) is 59.1 Å². The smallest absolute Gasteiger partial charge is 0.123 e. The van der Waals surface area contributed by atoms with Gasteiger partial charge in [0.15, 0.2) is 0 Å². The summed E-state index contributed by atoms with van der Waals surface area (Å²) in [5.74, 6) is -0.631. The molecule has 2 unspecified atom stereocenters. The molecule has 0 saturated heterocycles. The Bertz CT molecular complexity index is 545. The van der Waals surface area contributed by atoms with Crippen LogP contribution in [0.1, 0.15) is 28.7 Å². The second-order valence-corrected chi connectivity index (χ2v) is 4.57. The lowest BCUT2D eigenvalue weighted by molar-refractivity contribution is 0.146. The van der Waals surface area contributed by atoms with Gasteiger partial charge in [-0.2, -0.15) is 0 Å². The summed E-state index contributed by atoms with van der Waals surface area (Å²) in [5.41, 5.74) is 8.08. The van der Waals surface area contributed by atoms with Crippen LogP contribution in [-0.2, 0) is 0 Å². The summed E-state index contributed by atoms with van der Waals surface area (Å²) in [6, 6.07) is 8.04. The predicted molar refractivity (Wildman–Crippen MR) is 72.1 cm³/mol. The van der Waals surface area contributed by atoms with Crippen LogP contribution in [0.3, 0.4) is 0 Å². The van der Waals surface area contributed by atoms with E-state index in [9.17, 15) is 9.50 Å². The fourth-order valence-corrected chi connectivity index (χ4v) is 2.20. The van der Waals surface area contributed by atoms with Crippen LogP contribution in [-0.4, -0.2) is 16.6 Å². The standard InChI is InChI=1S/C15H17FN2O/c1-10-2-3-12(16)8-13(10)15(19)14(9-17)11-4-6-18-7-5-11/h2-8,14-15,19H,9,17H2,1H3. The van der Waals surface area contributed by atoms with Gasteiger partial charge in [-0.25, -0.2) is 4.39 Å². The van der Waals surface area contributed by atoms with Crippen molar-refractivity contribution in [3.8, 4) is 0 Å². The first kappa shape index (κ1) is 13.6. The third kappa shape index (κ3) is 2.97. The van der Waals surface area contributed by atoms with E-state index in [1.54, 1.807) is 18.5 Å². The van der Waals surface area contributed by atoms with Gasteiger partial charge in [0.1, 0.15) is 5.82 Å². The summed E-state index contributed by atoms with van der Waals surface area (Å²) in [6.45, 7) is 2.12. The lowest BCUT2D eigenvalue weighted by Crippen LogP contribution is -2.21. The molecule has 0 amide bonds. The van der Waals surface area contributed by atoms with Gasteiger partial charge in [0.05, 0.1) is 6.10 Å².